The second kappa shape index (κ2) is 6.89. The lowest BCUT2D eigenvalue weighted by atomic mass is 9.96. The minimum Gasteiger partial charge on any atom is -0.481 e. The Hall–Kier alpha value is -2.88. The van der Waals surface area contributed by atoms with E-state index in [-0.39, 0.29) is 6.42 Å². The Morgan fingerprint density at radius 1 is 1.20 bits per heavy atom. The molecule has 1 aromatic rings. The zero-order valence-corrected chi connectivity index (χ0v) is 10.4. The van der Waals surface area contributed by atoms with E-state index in [2.05, 4.69) is 5.32 Å². The molecule has 0 heterocycles. The standard InChI is InChI=1S/C13H12N2O5/c14-6-5-11(16)15-9-3-1-8(2-4-9)10(13(19)20)7-12(17)18/h1-4,10H,5,7H2,(H,15,16)(H,17,18)(H,19,20). The van der Waals surface area contributed by atoms with Crippen molar-refractivity contribution in [1.29, 1.82) is 5.26 Å². The summed E-state index contributed by atoms with van der Waals surface area (Å²) in [6, 6.07) is 7.49. The highest BCUT2D eigenvalue weighted by Crippen LogP contribution is 2.22. The maximum atomic E-state index is 11.2. The van der Waals surface area contributed by atoms with Crippen molar-refractivity contribution < 1.29 is 24.6 Å². The van der Waals surface area contributed by atoms with Gasteiger partial charge in [-0.15, -0.1) is 0 Å². The van der Waals surface area contributed by atoms with Crippen LogP contribution in [-0.2, 0) is 14.4 Å². The first kappa shape index (κ1) is 15.2. The number of anilines is 1. The monoisotopic (exact) mass is 276 g/mol. The molecule has 0 saturated carbocycles. The fourth-order valence-corrected chi connectivity index (χ4v) is 1.60. The zero-order valence-electron chi connectivity index (χ0n) is 10.4. The number of hydrogen-bond donors (Lipinski definition) is 3. The van der Waals surface area contributed by atoms with E-state index in [9.17, 15) is 14.4 Å². The summed E-state index contributed by atoms with van der Waals surface area (Å²) in [4.78, 5) is 32.8. The molecule has 0 radical (unpaired) electrons. The summed E-state index contributed by atoms with van der Waals surface area (Å²) < 4.78 is 0. The van der Waals surface area contributed by atoms with Crippen LogP contribution < -0.4 is 5.32 Å². The average Bonchev–Trinajstić information content (AvgIpc) is 2.37. The number of hydrogen-bond acceptors (Lipinski definition) is 4. The lowest BCUT2D eigenvalue weighted by molar-refractivity contribution is -0.145. The predicted molar refractivity (Wildman–Crippen MR) is 67.9 cm³/mol. The third-order valence-electron chi connectivity index (χ3n) is 2.51. The maximum absolute atomic E-state index is 11.2. The molecular formula is C13H12N2O5. The molecule has 1 rings (SSSR count). The zero-order chi connectivity index (χ0) is 15.1. The number of carbonyl (C=O) groups is 3. The molecule has 1 unspecified atom stereocenters. The van der Waals surface area contributed by atoms with Crippen molar-refractivity contribution in [3.8, 4) is 6.07 Å². The molecule has 0 aliphatic heterocycles. The molecule has 20 heavy (non-hydrogen) atoms. The molecule has 7 nitrogen and oxygen atoms in total. The summed E-state index contributed by atoms with van der Waals surface area (Å²) in [7, 11) is 0. The van der Waals surface area contributed by atoms with Gasteiger partial charge in [-0.05, 0) is 17.7 Å². The molecule has 0 aliphatic carbocycles. The minimum absolute atomic E-state index is 0.279. The minimum atomic E-state index is -1.23. The molecule has 1 amide bonds. The van der Waals surface area contributed by atoms with Crippen LogP contribution in [-0.4, -0.2) is 28.1 Å². The van der Waals surface area contributed by atoms with Crippen molar-refractivity contribution in [2.75, 3.05) is 5.32 Å². The summed E-state index contributed by atoms with van der Waals surface area (Å²) in [5, 5.41) is 28.5. The first-order valence-electron chi connectivity index (χ1n) is 5.65. The van der Waals surface area contributed by atoms with E-state index in [0.717, 1.165) is 0 Å². The Morgan fingerprint density at radius 3 is 2.25 bits per heavy atom. The second-order valence-corrected chi connectivity index (χ2v) is 3.99. The van der Waals surface area contributed by atoms with E-state index in [1.165, 1.54) is 24.3 Å². The Morgan fingerprint density at radius 2 is 1.80 bits per heavy atom. The van der Waals surface area contributed by atoms with Crippen LogP contribution in [0.4, 0.5) is 5.69 Å². The largest absolute Gasteiger partial charge is 0.481 e. The summed E-state index contributed by atoms with van der Waals surface area (Å²) in [6.45, 7) is 0. The Kier molecular flexibility index (Phi) is 5.23. The molecule has 3 N–H and O–H groups in total. The van der Waals surface area contributed by atoms with E-state index >= 15 is 0 Å². The molecule has 0 fully saturated rings. The number of aliphatic carboxylic acids is 2. The molecule has 0 saturated heterocycles. The summed E-state index contributed by atoms with van der Waals surface area (Å²) >= 11 is 0. The highest BCUT2D eigenvalue weighted by molar-refractivity contribution is 5.92. The molecule has 0 aliphatic rings. The van der Waals surface area contributed by atoms with Gasteiger partial charge in [-0.2, -0.15) is 5.26 Å². The van der Waals surface area contributed by atoms with Gasteiger partial charge in [-0.3, -0.25) is 14.4 Å². The lowest BCUT2D eigenvalue weighted by Gasteiger charge is -2.11. The number of benzene rings is 1. The van der Waals surface area contributed by atoms with Crippen molar-refractivity contribution in [3.63, 3.8) is 0 Å². The van der Waals surface area contributed by atoms with Crippen LogP contribution in [0.3, 0.4) is 0 Å². The Bertz CT molecular complexity index is 559. The van der Waals surface area contributed by atoms with Gasteiger partial charge in [0, 0.05) is 5.69 Å². The smallest absolute Gasteiger partial charge is 0.311 e. The molecule has 1 aromatic carbocycles. The Balaban J connectivity index is 2.83. The van der Waals surface area contributed by atoms with Gasteiger partial charge < -0.3 is 15.5 Å². The Labute approximate surface area is 114 Å². The number of carbonyl (C=O) groups excluding carboxylic acids is 1. The average molecular weight is 276 g/mol. The van der Waals surface area contributed by atoms with E-state index in [1.54, 1.807) is 6.07 Å². The van der Waals surface area contributed by atoms with Crippen molar-refractivity contribution >= 4 is 23.5 Å². The quantitative estimate of drug-likeness (QED) is 0.715. The van der Waals surface area contributed by atoms with Crippen LogP contribution in [0.15, 0.2) is 24.3 Å². The first-order chi connectivity index (χ1) is 9.43. The van der Waals surface area contributed by atoms with Crippen LogP contribution in [0.2, 0.25) is 0 Å². The predicted octanol–water partition coefficient (Wildman–Crippen LogP) is 1.18. The van der Waals surface area contributed by atoms with E-state index < -0.39 is 30.2 Å². The van der Waals surface area contributed by atoms with Gasteiger partial charge in [-0.1, -0.05) is 12.1 Å². The molecule has 0 bridgehead atoms. The number of nitriles is 1. The molecule has 7 heteroatoms. The van der Waals surface area contributed by atoms with Crippen LogP contribution in [0.25, 0.3) is 0 Å². The van der Waals surface area contributed by atoms with Crippen LogP contribution in [0.5, 0.6) is 0 Å². The van der Waals surface area contributed by atoms with Gasteiger partial charge in [-0.25, -0.2) is 0 Å². The summed E-state index contributed by atoms with van der Waals surface area (Å²) in [5.74, 6) is -4.05. The normalized spacial score (nSPS) is 11.2. The van der Waals surface area contributed by atoms with E-state index in [4.69, 9.17) is 15.5 Å². The fraction of sp³-hybridized carbons (Fsp3) is 0.231. The number of nitrogens with zero attached hydrogens (tertiary/aromatic N) is 1. The van der Waals surface area contributed by atoms with Crippen LogP contribution in [0, 0.1) is 11.3 Å². The van der Waals surface area contributed by atoms with Gasteiger partial charge in [0.25, 0.3) is 0 Å². The summed E-state index contributed by atoms with van der Waals surface area (Å²) in [6.07, 6.45) is -0.798. The van der Waals surface area contributed by atoms with Gasteiger partial charge >= 0.3 is 11.9 Å². The molecule has 0 aromatic heterocycles. The first-order valence-corrected chi connectivity index (χ1v) is 5.65. The van der Waals surface area contributed by atoms with Crippen LogP contribution >= 0.6 is 0 Å². The highest BCUT2D eigenvalue weighted by Gasteiger charge is 2.22. The van der Waals surface area contributed by atoms with Crippen molar-refractivity contribution in [1.82, 2.24) is 0 Å². The highest BCUT2D eigenvalue weighted by atomic mass is 16.4. The molecular weight excluding hydrogens is 264 g/mol. The molecule has 104 valence electrons. The molecule has 1 atom stereocenters. The van der Waals surface area contributed by atoms with Crippen LogP contribution in [0.1, 0.15) is 24.3 Å². The number of amides is 1. The van der Waals surface area contributed by atoms with Crippen molar-refractivity contribution in [3.05, 3.63) is 29.8 Å². The van der Waals surface area contributed by atoms with Gasteiger partial charge in [0.1, 0.15) is 6.42 Å². The third-order valence-corrected chi connectivity index (χ3v) is 2.51. The topological polar surface area (TPSA) is 127 Å². The van der Waals surface area contributed by atoms with E-state index in [0.29, 0.717) is 11.3 Å². The fourth-order valence-electron chi connectivity index (χ4n) is 1.60. The van der Waals surface area contributed by atoms with Crippen molar-refractivity contribution in [2.45, 2.75) is 18.8 Å². The summed E-state index contributed by atoms with van der Waals surface area (Å²) in [5.41, 5.74) is 0.742. The molecule has 0 spiro atoms. The number of nitrogens with one attached hydrogen (secondary N) is 1. The lowest BCUT2D eigenvalue weighted by Crippen LogP contribution is -2.16. The second-order valence-electron chi connectivity index (χ2n) is 3.99. The number of carboxylic acids is 2. The SMILES string of the molecule is N#CCC(=O)Nc1ccc(C(CC(=O)O)C(=O)O)cc1. The maximum Gasteiger partial charge on any atom is 0.311 e. The number of rotatable bonds is 6. The van der Waals surface area contributed by atoms with Gasteiger partial charge in [0.05, 0.1) is 18.4 Å². The van der Waals surface area contributed by atoms with Crippen molar-refractivity contribution in [2.24, 2.45) is 0 Å². The van der Waals surface area contributed by atoms with E-state index in [1.807, 2.05) is 0 Å². The van der Waals surface area contributed by atoms with Gasteiger partial charge in [0.2, 0.25) is 5.91 Å². The third kappa shape index (κ3) is 4.42. The number of carboxylic acid groups (broad SMARTS) is 2. The van der Waals surface area contributed by atoms with Gasteiger partial charge in [0.15, 0.2) is 0 Å².